The fraction of sp³-hybridized carbons (Fsp3) is 0. The van der Waals surface area contributed by atoms with Gasteiger partial charge in [-0.1, -0.05) is 12.1 Å². The van der Waals surface area contributed by atoms with Gasteiger partial charge in [-0.15, -0.1) is 0 Å². The van der Waals surface area contributed by atoms with E-state index < -0.39 is 0 Å². The monoisotopic (exact) mass is 256 g/mol. The predicted octanol–water partition coefficient (Wildman–Crippen LogP) is 3.42. The molecule has 0 spiro atoms. The molecule has 18 heavy (non-hydrogen) atoms. The number of fused-ring (bicyclic) bond motifs is 1. The van der Waals surface area contributed by atoms with Crippen LogP contribution in [0.15, 0.2) is 48.9 Å². The minimum absolute atomic E-state index is 0.221. The Bertz CT molecular complexity index is 694. The third-order valence-corrected chi connectivity index (χ3v) is 2.75. The van der Waals surface area contributed by atoms with Gasteiger partial charge < -0.3 is 5.32 Å². The van der Waals surface area contributed by atoms with Gasteiger partial charge in [0.15, 0.2) is 0 Å². The van der Waals surface area contributed by atoms with Crippen molar-refractivity contribution in [3.8, 4) is 0 Å². The highest BCUT2D eigenvalue weighted by Gasteiger charge is 2.02. The summed E-state index contributed by atoms with van der Waals surface area (Å²) in [7, 11) is 0. The molecule has 88 valence electrons. The Labute approximate surface area is 109 Å². The molecular formula is C13H9ClN4. The molecule has 2 aromatic heterocycles. The fourth-order valence-electron chi connectivity index (χ4n) is 1.76. The first-order valence-electron chi connectivity index (χ1n) is 5.41. The summed E-state index contributed by atoms with van der Waals surface area (Å²) in [5.74, 6) is 0.659. The first kappa shape index (κ1) is 10.9. The molecule has 0 bridgehead atoms. The van der Waals surface area contributed by atoms with Gasteiger partial charge in [-0.25, -0.2) is 9.97 Å². The molecule has 1 N–H and O–H groups in total. The lowest BCUT2D eigenvalue weighted by Crippen LogP contribution is -1.95. The van der Waals surface area contributed by atoms with E-state index in [0.29, 0.717) is 5.82 Å². The van der Waals surface area contributed by atoms with Crippen molar-refractivity contribution in [2.24, 2.45) is 0 Å². The Morgan fingerprint density at radius 2 is 2.00 bits per heavy atom. The van der Waals surface area contributed by atoms with Crippen LogP contribution in [0.5, 0.6) is 0 Å². The quantitative estimate of drug-likeness (QED) is 0.714. The molecule has 2 heterocycles. The average molecular weight is 257 g/mol. The number of halogens is 1. The molecule has 0 fully saturated rings. The van der Waals surface area contributed by atoms with Crippen LogP contribution in [0.25, 0.3) is 10.8 Å². The Balaban J connectivity index is 2.05. The SMILES string of the molecule is Clc1nccc(Nc2cccc3ccncc23)n1. The van der Waals surface area contributed by atoms with Gasteiger partial charge in [0.1, 0.15) is 5.82 Å². The van der Waals surface area contributed by atoms with Crippen molar-refractivity contribution in [1.82, 2.24) is 15.0 Å². The number of aromatic nitrogens is 3. The van der Waals surface area contributed by atoms with Gasteiger partial charge >= 0.3 is 0 Å². The second-order valence-electron chi connectivity index (χ2n) is 3.74. The minimum atomic E-state index is 0.221. The van der Waals surface area contributed by atoms with Crippen molar-refractivity contribution >= 4 is 33.9 Å². The Morgan fingerprint density at radius 1 is 1.06 bits per heavy atom. The molecule has 0 unspecified atom stereocenters. The maximum absolute atomic E-state index is 5.75. The molecule has 0 aliphatic rings. The predicted molar refractivity (Wildman–Crippen MR) is 72.1 cm³/mol. The summed E-state index contributed by atoms with van der Waals surface area (Å²) < 4.78 is 0. The number of nitrogens with one attached hydrogen (secondary N) is 1. The minimum Gasteiger partial charge on any atom is -0.340 e. The van der Waals surface area contributed by atoms with Crippen LogP contribution in [0.4, 0.5) is 11.5 Å². The number of nitrogens with zero attached hydrogens (tertiary/aromatic N) is 3. The van der Waals surface area contributed by atoms with E-state index >= 15 is 0 Å². The van der Waals surface area contributed by atoms with E-state index in [9.17, 15) is 0 Å². The van der Waals surface area contributed by atoms with Crippen molar-refractivity contribution in [1.29, 1.82) is 0 Å². The maximum atomic E-state index is 5.75. The van der Waals surface area contributed by atoms with Crippen LogP contribution in [-0.4, -0.2) is 15.0 Å². The molecule has 0 saturated carbocycles. The van der Waals surface area contributed by atoms with Crippen molar-refractivity contribution in [3.05, 3.63) is 54.2 Å². The Hall–Kier alpha value is -2.20. The van der Waals surface area contributed by atoms with Crippen molar-refractivity contribution in [3.63, 3.8) is 0 Å². The highest BCUT2D eigenvalue weighted by molar-refractivity contribution is 6.28. The highest BCUT2D eigenvalue weighted by atomic mass is 35.5. The summed E-state index contributed by atoms with van der Waals surface area (Å²) in [6.45, 7) is 0. The van der Waals surface area contributed by atoms with Crippen LogP contribution in [0, 0.1) is 0 Å². The highest BCUT2D eigenvalue weighted by Crippen LogP contribution is 2.24. The average Bonchev–Trinajstić information content (AvgIpc) is 2.39. The van der Waals surface area contributed by atoms with Gasteiger partial charge in [0.2, 0.25) is 5.28 Å². The number of pyridine rings is 1. The number of rotatable bonds is 2. The second-order valence-corrected chi connectivity index (χ2v) is 4.08. The van der Waals surface area contributed by atoms with Crippen LogP contribution in [0.2, 0.25) is 5.28 Å². The number of hydrogen-bond acceptors (Lipinski definition) is 4. The standard InChI is InChI=1S/C13H9ClN4/c14-13-16-7-5-12(18-13)17-11-3-1-2-9-4-6-15-8-10(9)11/h1-8H,(H,16,17,18). The lowest BCUT2D eigenvalue weighted by atomic mass is 10.1. The zero-order valence-corrected chi connectivity index (χ0v) is 10.1. The molecule has 1 aromatic carbocycles. The van der Waals surface area contributed by atoms with Gasteiger partial charge in [0, 0.05) is 29.7 Å². The van der Waals surface area contributed by atoms with Crippen molar-refractivity contribution < 1.29 is 0 Å². The van der Waals surface area contributed by atoms with Gasteiger partial charge in [-0.2, -0.15) is 0 Å². The first-order valence-corrected chi connectivity index (χ1v) is 5.79. The smallest absolute Gasteiger partial charge is 0.224 e. The van der Waals surface area contributed by atoms with Gasteiger partial charge in [-0.3, -0.25) is 4.98 Å². The molecule has 3 rings (SSSR count). The molecule has 3 aromatic rings. The van der Waals surface area contributed by atoms with E-state index in [1.165, 1.54) is 0 Å². The van der Waals surface area contributed by atoms with Crippen molar-refractivity contribution in [2.45, 2.75) is 0 Å². The third kappa shape index (κ3) is 2.10. The van der Waals surface area contributed by atoms with Crippen LogP contribution in [0.3, 0.4) is 0 Å². The molecule has 0 aliphatic carbocycles. The Morgan fingerprint density at radius 3 is 2.89 bits per heavy atom. The largest absolute Gasteiger partial charge is 0.340 e. The topological polar surface area (TPSA) is 50.7 Å². The molecule has 5 heteroatoms. The summed E-state index contributed by atoms with van der Waals surface area (Å²) in [5, 5.41) is 5.59. The van der Waals surface area contributed by atoms with Crippen molar-refractivity contribution in [2.75, 3.05) is 5.32 Å². The van der Waals surface area contributed by atoms with Gasteiger partial charge in [-0.05, 0) is 35.2 Å². The normalized spacial score (nSPS) is 10.5. The molecule has 0 saturated heterocycles. The molecule has 0 amide bonds. The Kier molecular flexibility index (Phi) is 2.78. The fourth-order valence-corrected chi connectivity index (χ4v) is 1.91. The summed E-state index contributed by atoms with van der Waals surface area (Å²) in [5.41, 5.74) is 0.940. The van der Waals surface area contributed by atoms with E-state index in [1.54, 1.807) is 18.5 Å². The number of anilines is 2. The van der Waals surface area contributed by atoms with Crippen LogP contribution in [0.1, 0.15) is 0 Å². The van der Waals surface area contributed by atoms with Gasteiger partial charge in [0.25, 0.3) is 0 Å². The lowest BCUT2D eigenvalue weighted by Gasteiger charge is -2.08. The lowest BCUT2D eigenvalue weighted by molar-refractivity contribution is 1.17. The summed E-state index contributed by atoms with van der Waals surface area (Å²) >= 11 is 5.75. The van der Waals surface area contributed by atoms with E-state index in [0.717, 1.165) is 16.5 Å². The molecular weight excluding hydrogens is 248 g/mol. The van der Waals surface area contributed by atoms with E-state index in [2.05, 4.69) is 20.3 Å². The van der Waals surface area contributed by atoms with Crippen LogP contribution >= 0.6 is 11.6 Å². The molecule has 0 atom stereocenters. The first-order chi connectivity index (χ1) is 8.83. The van der Waals surface area contributed by atoms with E-state index in [4.69, 9.17) is 11.6 Å². The number of hydrogen-bond donors (Lipinski definition) is 1. The zero-order valence-electron chi connectivity index (χ0n) is 9.34. The summed E-state index contributed by atoms with van der Waals surface area (Å²) in [6, 6.07) is 9.72. The van der Waals surface area contributed by atoms with Crippen LogP contribution < -0.4 is 5.32 Å². The van der Waals surface area contributed by atoms with E-state index in [-0.39, 0.29) is 5.28 Å². The zero-order chi connectivity index (χ0) is 12.4. The molecule has 4 nitrogen and oxygen atoms in total. The number of benzene rings is 1. The van der Waals surface area contributed by atoms with Crippen LogP contribution in [-0.2, 0) is 0 Å². The van der Waals surface area contributed by atoms with E-state index in [1.807, 2.05) is 30.5 Å². The maximum Gasteiger partial charge on any atom is 0.224 e. The third-order valence-electron chi connectivity index (χ3n) is 2.57. The van der Waals surface area contributed by atoms with Gasteiger partial charge in [0.05, 0.1) is 0 Å². The second kappa shape index (κ2) is 4.58. The summed E-state index contributed by atoms with van der Waals surface area (Å²) in [4.78, 5) is 12.1. The molecule has 0 aliphatic heterocycles. The molecule has 0 radical (unpaired) electrons. The summed E-state index contributed by atoms with van der Waals surface area (Å²) in [6.07, 6.45) is 5.20.